The first-order valence-electron chi connectivity index (χ1n) is 7.89. The monoisotopic (exact) mass is 340 g/mol. The number of ether oxygens (including phenoxy) is 1. The fourth-order valence-electron chi connectivity index (χ4n) is 2.64. The van der Waals surface area contributed by atoms with Gasteiger partial charge in [0.05, 0.1) is 18.1 Å². The maximum absolute atomic E-state index is 12.7. The van der Waals surface area contributed by atoms with E-state index in [4.69, 9.17) is 4.74 Å². The van der Waals surface area contributed by atoms with Crippen LogP contribution in [0.15, 0.2) is 23.1 Å². The second-order valence-electron chi connectivity index (χ2n) is 5.47. The topological polar surface area (TPSA) is 66.9 Å². The van der Waals surface area contributed by atoms with Gasteiger partial charge in [0.1, 0.15) is 0 Å². The normalized spacial score (nSPS) is 15.9. The number of rotatable bonds is 5. The van der Waals surface area contributed by atoms with Gasteiger partial charge in [-0.25, -0.2) is 8.42 Å². The molecule has 1 aliphatic rings. The van der Waals surface area contributed by atoms with Crippen LogP contribution in [0.2, 0.25) is 0 Å². The van der Waals surface area contributed by atoms with Crippen molar-refractivity contribution < 1.29 is 17.9 Å². The Morgan fingerprint density at radius 3 is 2.39 bits per heavy atom. The minimum atomic E-state index is -3.57. The molecule has 0 aliphatic carbocycles. The van der Waals surface area contributed by atoms with Crippen LogP contribution in [0.3, 0.4) is 0 Å². The number of morpholine rings is 1. The molecule has 0 atom stereocenters. The zero-order chi connectivity index (χ0) is 17.0. The average molecular weight is 340 g/mol. The maximum Gasteiger partial charge on any atom is 0.254 e. The van der Waals surface area contributed by atoms with E-state index in [9.17, 15) is 13.2 Å². The number of hydrogen-bond acceptors (Lipinski definition) is 4. The second-order valence-corrected chi connectivity index (χ2v) is 7.41. The molecule has 128 valence electrons. The maximum atomic E-state index is 12.7. The lowest BCUT2D eigenvalue weighted by Crippen LogP contribution is -2.41. The van der Waals surface area contributed by atoms with E-state index in [-0.39, 0.29) is 10.8 Å². The molecule has 1 aromatic rings. The van der Waals surface area contributed by atoms with Crippen molar-refractivity contribution in [2.24, 2.45) is 0 Å². The van der Waals surface area contributed by atoms with Gasteiger partial charge in [0.15, 0.2) is 0 Å². The van der Waals surface area contributed by atoms with Gasteiger partial charge < -0.3 is 9.64 Å². The Morgan fingerprint density at radius 1 is 1.22 bits per heavy atom. The lowest BCUT2D eigenvalue weighted by Gasteiger charge is -2.27. The number of carbonyl (C=O) groups excluding carboxylic acids is 1. The minimum Gasteiger partial charge on any atom is -0.378 e. The highest BCUT2D eigenvalue weighted by Crippen LogP contribution is 2.21. The summed E-state index contributed by atoms with van der Waals surface area (Å²) in [5.74, 6) is -0.137. The van der Waals surface area contributed by atoms with E-state index >= 15 is 0 Å². The first kappa shape index (κ1) is 17.9. The molecular formula is C16H24N2O4S. The average Bonchev–Trinajstić information content (AvgIpc) is 2.56. The van der Waals surface area contributed by atoms with Gasteiger partial charge in [-0.1, -0.05) is 19.9 Å². The van der Waals surface area contributed by atoms with E-state index in [1.807, 2.05) is 6.92 Å². The van der Waals surface area contributed by atoms with Gasteiger partial charge in [0, 0.05) is 31.7 Å². The summed E-state index contributed by atoms with van der Waals surface area (Å²) >= 11 is 0. The molecule has 0 unspecified atom stereocenters. The van der Waals surface area contributed by atoms with E-state index in [0.29, 0.717) is 45.0 Å². The molecule has 0 aromatic heterocycles. The van der Waals surface area contributed by atoms with Crippen LogP contribution in [-0.2, 0) is 14.8 Å². The van der Waals surface area contributed by atoms with E-state index < -0.39 is 10.0 Å². The van der Waals surface area contributed by atoms with Crippen LogP contribution in [0.1, 0.15) is 29.8 Å². The number of carbonyl (C=O) groups is 1. The van der Waals surface area contributed by atoms with Gasteiger partial charge in [-0.05, 0) is 24.6 Å². The molecule has 0 spiro atoms. The van der Waals surface area contributed by atoms with Crippen LogP contribution in [0.25, 0.3) is 0 Å². The molecule has 0 N–H and O–H groups in total. The molecule has 1 aromatic carbocycles. The van der Waals surface area contributed by atoms with Crippen molar-refractivity contribution in [3.05, 3.63) is 29.3 Å². The van der Waals surface area contributed by atoms with Crippen molar-refractivity contribution in [3.63, 3.8) is 0 Å². The zero-order valence-electron chi connectivity index (χ0n) is 13.9. The Bertz CT molecular complexity index is 663. The highest BCUT2D eigenvalue weighted by Gasteiger charge is 2.25. The van der Waals surface area contributed by atoms with Crippen LogP contribution in [0.5, 0.6) is 0 Å². The first-order chi connectivity index (χ1) is 10.9. The van der Waals surface area contributed by atoms with Gasteiger partial charge in [-0.2, -0.15) is 4.31 Å². The lowest BCUT2D eigenvalue weighted by molar-refractivity contribution is 0.0302. The fourth-order valence-corrected chi connectivity index (χ4v) is 4.13. The number of nitrogens with zero attached hydrogens (tertiary/aromatic N) is 2. The molecule has 1 amide bonds. The van der Waals surface area contributed by atoms with Crippen molar-refractivity contribution in [3.8, 4) is 0 Å². The molecule has 0 saturated carbocycles. The number of benzene rings is 1. The standard InChI is InChI=1S/C16H24N2O4S/c1-4-18(5-2)23(20,21)14-7-6-13(3)15(12-14)16(19)17-8-10-22-11-9-17/h6-7,12H,4-5,8-11H2,1-3H3. The Kier molecular flexibility index (Phi) is 5.78. The summed E-state index contributed by atoms with van der Waals surface area (Å²) in [4.78, 5) is 14.5. The van der Waals surface area contributed by atoms with Gasteiger partial charge in [0.2, 0.25) is 10.0 Å². The summed E-state index contributed by atoms with van der Waals surface area (Å²) in [6.45, 7) is 8.32. The third-order valence-electron chi connectivity index (χ3n) is 4.08. The molecule has 2 rings (SSSR count). The summed E-state index contributed by atoms with van der Waals surface area (Å²) < 4.78 is 31.9. The highest BCUT2D eigenvalue weighted by atomic mass is 32.2. The van der Waals surface area contributed by atoms with Crippen molar-refractivity contribution in [1.82, 2.24) is 9.21 Å². The Balaban J connectivity index is 2.37. The molecule has 1 saturated heterocycles. The quantitative estimate of drug-likeness (QED) is 0.815. The van der Waals surface area contributed by atoms with Crippen LogP contribution in [0.4, 0.5) is 0 Å². The smallest absolute Gasteiger partial charge is 0.254 e. The Hall–Kier alpha value is -1.44. The van der Waals surface area contributed by atoms with E-state index in [1.54, 1.807) is 30.9 Å². The minimum absolute atomic E-state index is 0.137. The summed E-state index contributed by atoms with van der Waals surface area (Å²) in [6, 6.07) is 4.77. The first-order valence-corrected chi connectivity index (χ1v) is 9.33. The molecule has 0 bridgehead atoms. The molecular weight excluding hydrogens is 316 g/mol. The second kappa shape index (κ2) is 7.42. The lowest BCUT2D eigenvalue weighted by atomic mass is 10.1. The van der Waals surface area contributed by atoms with Crippen molar-refractivity contribution >= 4 is 15.9 Å². The molecule has 23 heavy (non-hydrogen) atoms. The van der Waals surface area contributed by atoms with Crippen LogP contribution < -0.4 is 0 Å². The summed E-state index contributed by atoms with van der Waals surface area (Å²) in [5, 5.41) is 0. The van der Waals surface area contributed by atoms with E-state index in [1.165, 1.54) is 10.4 Å². The Morgan fingerprint density at radius 2 is 1.83 bits per heavy atom. The number of aryl methyl sites for hydroxylation is 1. The number of amides is 1. The summed E-state index contributed by atoms with van der Waals surface area (Å²) in [7, 11) is -3.57. The predicted octanol–water partition coefficient (Wildman–Crippen LogP) is 1.50. The molecule has 1 fully saturated rings. The fraction of sp³-hybridized carbons (Fsp3) is 0.562. The van der Waals surface area contributed by atoms with E-state index in [2.05, 4.69) is 0 Å². The Labute approximate surface area is 138 Å². The molecule has 7 heteroatoms. The summed E-state index contributed by atoms with van der Waals surface area (Å²) in [5.41, 5.74) is 1.22. The van der Waals surface area contributed by atoms with Gasteiger partial charge in [-0.15, -0.1) is 0 Å². The molecule has 6 nitrogen and oxygen atoms in total. The van der Waals surface area contributed by atoms with Crippen LogP contribution in [-0.4, -0.2) is 62.9 Å². The number of hydrogen-bond donors (Lipinski definition) is 0. The summed E-state index contributed by atoms with van der Waals surface area (Å²) in [6.07, 6.45) is 0. The third kappa shape index (κ3) is 3.73. The number of sulfonamides is 1. The third-order valence-corrected chi connectivity index (χ3v) is 6.13. The molecule has 1 heterocycles. The predicted molar refractivity (Wildman–Crippen MR) is 88.0 cm³/mol. The highest BCUT2D eigenvalue weighted by molar-refractivity contribution is 7.89. The van der Waals surface area contributed by atoms with Crippen LogP contribution >= 0.6 is 0 Å². The van der Waals surface area contributed by atoms with Crippen molar-refractivity contribution in [2.75, 3.05) is 39.4 Å². The van der Waals surface area contributed by atoms with Gasteiger partial charge in [-0.3, -0.25) is 4.79 Å². The van der Waals surface area contributed by atoms with Crippen LogP contribution in [0, 0.1) is 6.92 Å². The van der Waals surface area contributed by atoms with Crippen molar-refractivity contribution in [2.45, 2.75) is 25.7 Å². The van der Waals surface area contributed by atoms with Gasteiger partial charge in [0.25, 0.3) is 5.91 Å². The zero-order valence-corrected chi connectivity index (χ0v) is 14.7. The molecule has 1 aliphatic heterocycles. The largest absolute Gasteiger partial charge is 0.378 e. The van der Waals surface area contributed by atoms with Crippen molar-refractivity contribution in [1.29, 1.82) is 0 Å². The van der Waals surface area contributed by atoms with Gasteiger partial charge >= 0.3 is 0 Å². The molecule has 0 radical (unpaired) electrons. The van der Waals surface area contributed by atoms with E-state index in [0.717, 1.165) is 5.56 Å². The SMILES string of the molecule is CCN(CC)S(=O)(=O)c1ccc(C)c(C(=O)N2CCOCC2)c1.